The first-order valence-corrected chi connectivity index (χ1v) is 11.5. The number of aliphatic carboxylic acids is 1. The molecule has 1 unspecified atom stereocenters. The maximum Gasteiger partial charge on any atom is 0.309 e. The van der Waals surface area contributed by atoms with Gasteiger partial charge in [-0.2, -0.15) is 0 Å². The Morgan fingerprint density at radius 1 is 0.808 bits per heavy atom. The van der Waals surface area contributed by atoms with Gasteiger partial charge in [-0.1, -0.05) is 91.2 Å². The number of rotatable bonds is 18. The summed E-state index contributed by atoms with van der Waals surface area (Å²) < 4.78 is 0. The van der Waals surface area contributed by atoms with Gasteiger partial charge in [0.1, 0.15) is 0 Å². The molecular formula is C24H46O2. The number of carbonyl (C=O) groups is 1. The molecule has 0 amide bonds. The van der Waals surface area contributed by atoms with Crippen molar-refractivity contribution in [3.05, 3.63) is 12.2 Å². The molecule has 0 aliphatic carbocycles. The molecule has 0 fully saturated rings. The van der Waals surface area contributed by atoms with Gasteiger partial charge in [0.05, 0.1) is 5.41 Å². The van der Waals surface area contributed by atoms with Crippen molar-refractivity contribution in [1.29, 1.82) is 0 Å². The number of carboxylic acids is 1. The fraction of sp³-hybridized carbons (Fsp3) is 0.875. The fourth-order valence-corrected chi connectivity index (χ4v) is 4.28. The number of carboxylic acid groups (broad SMARTS) is 1. The van der Waals surface area contributed by atoms with Gasteiger partial charge in [0.25, 0.3) is 0 Å². The van der Waals surface area contributed by atoms with Gasteiger partial charge < -0.3 is 5.11 Å². The lowest BCUT2D eigenvalue weighted by Gasteiger charge is -2.35. The van der Waals surface area contributed by atoms with Gasteiger partial charge in [0.2, 0.25) is 0 Å². The molecular weight excluding hydrogens is 320 g/mol. The first-order chi connectivity index (χ1) is 12.6. The Bertz CT molecular complexity index is 355. The third kappa shape index (κ3) is 9.78. The Balaban J connectivity index is 3.84. The highest BCUT2D eigenvalue weighted by atomic mass is 16.4. The van der Waals surface area contributed by atoms with Crippen LogP contribution in [0.1, 0.15) is 124 Å². The SMILES string of the molecule is CCCCCCCC/C=C\CCCCCC(CC)C(CC)(CC)C(=O)O. The first kappa shape index (κ1) is 25.2. The average Bonchev–Trinajstić information content (AvgIpc) is 2.64. The number of allylic oxidation sites excluding steroid dienone is 2. The average molecular weight is 367 g/mol. The minimum Gasteiger partial charge on any atom is -0.481 e. The molecule has 0 aromatic heterocycles. The molecule has 26 heavy (non-hydrogen) atoms. The molecule has 0 saturated heterocycles. The second kappa shape index (κ2) is 16.4. The summed E-state index contributed by atoms with van der Waals surface area (Å²) in [5.41, 5.74) is -0.508. The van der Waals surface area contributed by atoms with Crippen LogP contribution < -0.4 is 0 Å². The van der Waals surface area contributed by atoms with E-state index < -0.39 is 11.4 Å². The summed E-state index contributed by atoms with van der Waals surface area (Å²) >= 11 is 0. The summed E-state index contributed by atoms with van der Waals surface area (Å²) in [7, 11) is 0. The zero-order valence-electron chi connectivity index (χ0n) is 18.2. The lowest BCUT2D eigenvalue weighted by atomic mass is 9.68. The molecule has 0 aromatic carbocycles. The molecule has 2 nitrogen and oxygen atoms in total. The summed E-state index contributed by atoms with van der Waals surface area (Å²) in [6.45, 7) is 8.49. The van der Waals surface area contributed by atoms with Crippen LogP contribution >= 0.6 is 0 Å². The van der Waals surface area contributed by atoms with E-state index in [-0.39, 0.29) is 0 Å². The Kier molecular flexibility index (Phi) is 15.9. The standard InChI is InChI=1S/C24H46O2/c1-5-9-10-11-12-13-14-15-16-17-18-19-20-21-22(6-2)24(7-3,8-4)23(25)26/h15-16,22H,5-14,17-21H2,1-4H3,(H,25,26)/b16-15-. The normalized spacial score (nSPS) is 13.4. The summed E-state index contributed by atoms with van der Waals surface area (Å²) in [6, 6.07) is 0. The van der Waals surface area contributed by atoms with Crippen molar-refractivity contribution in [2.24, 2.45) is 11.3 Å². The van der Waals surface area contributed by atoms with Crippen molar-refractivity contribution < 1.29 is 9.90 Å². The molecule has 0 aliphatic heterocycles. The molecule has 0 aromatic rings. The van der Waals surface area contributed by atoms with E-state index in [1.165, 1.54) is 70.6 Å². The van der Waals surface area contributed by atoms with Gasteiger partial charge in [-0.3, -0.25) is 4.79 Å². The van der Waals surface area contributed by atoms with Crippen molar-refractivity contribution >= 4 is 5.97 Å². The smallest absolute Gasteiger partial charge is 0.309 e. The van der Waals surface area contributed by atoms with E-state index in [4.69, 9.17) is 0 Å². The van der Waals surface area contributed by atoms with Gasteiger partial charge in [0.15, 0.2) is 0 Å². The number of hydrogen-bond acceptors (Lipinski definition) is 1. The minimum atomic E-state index is -0.591. The lowest BCUT2D eigenvalue weighted by molar-refractivity contribution is -0.153. The highest BCUT2D eigenvalue weighted by Crippen LogP contribution is 2.40. The monoisotopic (exact) mass is 366 g/mol. The van der Waals surface area contributed by atoms with Gasteiger partial charge in [-0.25, -0.2) is 0 Å². The van der Waals surface area contributed by atoms with E-state index >= 15 is 0 Å². The maximum absolute atomic E-state index is 11.8. The first-order valence-electron chi connectivity index (χ1n) is 11.5. The minimum absolute atomic E-state index is 0.318. The third-order valence-electron chi connectivity index (χ3n) is 6.28. The molecule has 0 rings (SSSR count). The molecule has 0 heterocycles. The second-order valence-electron chi connectivity index (χ2n) is 7.94. The van der Waals surface area contributed by atoms with Gasteiger partial charge in [-0.05, 0) is 50.9 Å². The molecule has 0 saturated carbocycles. The quantitative estimate of drug-likeness (QED) is 0.196. The van der Waals surface area contributed by atoms with Gasteiger partial charge in [0, 0.05) is 0 Å². The molecule has 1 atom stereocenters. The Labute approximate surface area is 163 Å². The fourth-order valence-electron chi connectivity index (χ4n) is 4.28. The van der Waals surface area contributed by atoms with E-state index in [9.17, 15) is 9.90 Å². The van der Waals surface area contributed by atoms with E-state index in [1.807, 2.05) is 13.8 Å². The van der Waals surface area contributed by atoms with Crippen molar-refractivity contribution in [3.63, 3.8) is 0 Å². The number of unbranched alkanes of at least 4 members (excludes halogenated alkanes) is 9. The molecule has 0 spiro atoms. The van der Waals surface area contributed by atoms with Crippen LogP contribution in [0, 0.1) is 11.3 Å². The van der Waals surface area contributed by atoms with Crippen molar-refractivity contribution in [3.8, 4) is 0 Å². The van der Waals surface area contributed by atoms with E-state index in [0.717, 1.165) is 25.7 Å². The van der Waals surface area contributed by atoms with Crippen LogP contribution in [-0.2, 0) is 4.79 Å². The van der Waals surface area contributed by atoms with Crippen molar-refractivity contribution in [1.82, 2.24) is 0 Å². The maximum atomic E-state index is 11.8. The highest BCUT2D eigenvalue weighted by molar-refractivity contribution is 5.74. The third-order valence-corrected chi connectivity index (χ3v) is 6.28. The predicted octanol–water partition coefficient (Wildman–Crippen LogP) is 8.16. The van der Waals surface area contributed by atoms with E-state index in [0.29, 0.717) is 5.92 Å². The highest BCUT2D eigenvalue weighted by Gasteiger charge is 2.41. The molecule has 154 valence electrons. The van der Waals surface area contributed by atoms with Crippen molar-refractivity contribution in [2.45, 2.75) is 124 Å². The number of hydrogen-bond donors (Lipinski definition) is 1. The van der Waals surface area contributed by atoms with Gasteiger partial charge >= 0.3 is 5.97 Å². The Hall–Kier alpha value is -0.790. The van der Waals surface area contributed by atoms with Crippen LogP contribution in [0.5, 0.6) is 0 Å². The van der Waals surface area contributed by atoms with Gasteiger partial charge in [-0.15, -0.1) is 0 Å². The molecule has 1 N–H and O–H groups in total. The Morgan fingerprint density at radius 3 is 1.77 bits per heavy atom. The van der Waals surface area contributed by atoms with Crippen LogP contribution in [0.2, 0.25) is 0 Å². The predicted molar refractivity (Wildman–Crippen MR) is 115 cm³/mol. The van der Waals surface area contributed by atoms with Crippen LogP contribution in [0.4, 0.5) is 0 Å². The second-order valence-corrected chi connectivity index (χ2v) is 7.94. The van der Waals surface area contributed by atoms with Crippen LogP contribution in [0.25, 0.3) is 0 Å². The molecule has 0 bridgehead atoms. The zero-order chi connectivity index (χ0) is 19.7. The molecule has 0 aliphatic rings. The summed E-state index contributed by atoms with van der Waals surface area (Å²) in [6.07, 6.45) is 22.5. The molecule has 2 heteroatoms. The summed E-state index contributed by atoms with van der Waals surface area (Å²) in [5, 5.41) is 9.72. The topological polar surface area (TPSA) is 37.3 Å². The van der Waals surface area contributed by atoms with Crippen LogP contribution in [-0.4, -0.2) is 11.1 Å². The van der Waals surface area contributed by atoms with E-state index in [1.54, 1.807) is 0 Å². The lowest BCUT2D eigenvalue weighted by Crippen LogP contribution is -2.37. The van der Waals surface area contributed by atoms with E-state index in [2.05, 4.69) is 26.0 Å². The zero-order valence-corrected chi connectivity index (χ0v) is 18.2. The Morgan fingerprint density at radius 2 is 1.31 bits per heavy atom. The van der Waals surface area contributed by atoms with Crippen LogP contribution in [0.15, 0.2) is 12.2 Å². The largest absolute Gasteiger partial charge is 0.481 e. The van der Waals surface area contributed by atoms with Crippen LogP contribution in [0.3, 0.4) is 0 Å². The van der Waals surface area contributed by atoms with Crippen molar-refractivity contribution in [2.75, 3.05) is 0 Å². The summed E-state index contributed by atoms with van der Waals surface area (Å²) in [4.78, 5) is 11.8. The molecule has 0 radical (unpaired) electrons. The summed E-state index contributed by atoms with van der Waals surface area (Å²) in [5.74, 6) is -0.273.